The summed E-state index contributed by atoms with van der Waals surface area (Å²) in [5, 5.41) is 2.83. The topological polar surface area (TPSA) is 85.6 Å². The molecule has 0 spiro atoms. The van der Waals surface area contributed by atoms with E-state index in [1.54, 1.807) is 24.3 Å². The lowest BCUT2D eigenvalue weighted by Gasteiger charge is -2.13. The summed E-state index contributed by atoms with van der Waals surface area (Å²) < 4.78 is 23.3. The summed E-state index contributed by atoms with van der Waals surface area (Å²) >= 11 is 0. The zero-order chi connectivity index (χ0) is 18.7. The molecule has 0 radical (unpaired) electrons. The lowest BCUT2D eigenvalue weighted by Crippen LogP contribution is -2.30. The molecule has 2 aromatic carbocycles. The number of halogens is 1. The first-order chi connectivity index (χ1) is 12.4. The number of para-hydroxylation sites is 1. The predicted molar refractivity (Wildman–Crippen MR) is 92.4 cm³/mol. The second kappa shape index (κ2) is 7.18. The first kappa shape index (κ1) is 17.3. The maximum Gasteiger partial charge on any atom is 0.375 e. The van der Waals surface area contributed by atoms with Crippen molar-refractivity contribution in [3.63, 3.8) is 0 Å². The molecule has 0 aliphatic carbocycles. The highest BCUT2D eigenvalue weighted by Crippen LogP contribution is 2.14. The average molecular weight is 355 g/mol. The fraction of sp³-hybridized carbons (Fsp3) is 0.105. The van der Waals surface area contributed by atoms with Crippen LogP contribution in [0.4, 0.5) is 10.1 Å². The summed E-state index contributed by atoms with van der Waals surface area (Å²) in [6, 6.07) is 12.6. The summed E-state index contributed by atoms with van der Waals surface area (Å²) in [6.07, 6.45) is -1.15. The number of benzene rings is 2. The number of rotatable bonds is 4. The molecule has 1 amide bonds. The van der Waals surface area contributed by atoms with Gasteiger partial charge in [-0.05, 0) is 43.3 Å². The number of ether oxygens (including phenoxy) is 1. The highest BCUT2D eigenvalue weighted by molar-refractivity contribution is 5.97. The van der Waals surface area contributed by atoms with E-state index >= 15 is 0 Å². The third-order valence-corrected chi connectivity index (χ3v) is 3.60. The molecular weight excluding hydrogens is 341 g/mol. The van der Waals surface area contributed by atoms with Crippen LogP contribution in [0.1, 0.15) is 17.5 Å². The van der Waals surface area contributed by atoms with E-state index in [9.17, 15) is 18.8 Å². The molecule has 0 aliphatic heterocycles. The van der Waals surface area contributed by atoms with Gasteiger partial charge in [0, 0.05) is 11.8 Å². The van der Waals surface area contributed by atoms with E-state index in [1.165, 1.54) is 31.2 Å². The van der Waals surface area contributed by atoms with E-state index in [1.807, 2.05) is 0 Å². The van der Waals surface area contributed by atoms with Gasteiger partial charge in [-0.3, -0.25) is 9.59 Å². The Balaban J connectivity index is 1.71. The van der Waals surface area contributed by atoms with Gasteiger partial charge in [-0.15, -0.1) is 0 Å². The Morgan fingerprint density at radius 1 is 1.12 bits per heavy atom. The van der Waals surface area contributed by atoms with E-state index in [0.29, 0.717) is 11.1 Å². The second-order valence-electron chi connectivity index (χ2n) is 5.51. The minimum atomic E-state index is -1.15. The molecule has 6 nitrogen and oxygen atoms in total. The van der Waals surface area contributed by atoms with Gasteiger partial charge in [0.2, 0.25) is 5.76 Å². The minimum Gasteiger partial charge on any atom is -0.449 e. The molecular formula is C19H14FNO5. The van der Waals surface area contributed by atoms with E-state index in [4.69, 9.17) is 9.15 Å². The number of hydrogen-bond donors (Lipinski definition) is 1. The fourth-order valence-corrected chi connectivity index (χ4v) is 2.25. The molecule has 0 bridgehead atoms. The van der Waals surface area contributed by atoms with Crippen molar-refractivity contribution in [1.29, 1.82) is 0 Å². The molecule has 0 aliphatic rings. The Kier molecular flexibility index (Phi) is 4.79. The number of anilines is 1. The Hall–Kier alpha value is -3.48. The van der Waals surface area contributed by atoms with Gasteiger partial charge in [-0.1, -0.05) is 12.1 Å². The Morgan fingerprint density at radius 2 is 1.81 bits per heavy atom. The largest absolute Gasteiger partial charge is 0.449 e. The number of fused-ring (bicyclic) bond motifs is 1. The van der Waals surface area contributed by atoms with E-state index in [2.05, 4.69) is 5.32 Å². The number of nitrogens with one attached hydrogen (secondary N) is 1. The van der Waals surface area contributed by atoms with Crippen LogP contribution in [0.25, 0.3) is 11.0 Å². The fourth-order valence-electron chi connectivity index (χ4n) is 2.25. The van der Waals surface area contributed by atoms with Gasteiger partial charge < -0.3 is 14.5 Å². The van der Waals surface area contributed by atoms with Crippen molar-refractivity contribution < 1.29 is 23.1 Å². The maximum absolute atomic E-state index is 12.9. The molecule has 1 aromatic heterocycles. The second-order valence-corrected chi connectivity index (χ2v) is 5.51. The van der Waals surface area contributed by atoms with Crippen molar-refractivity contribution in [3.05, 3.63) is 76.4 Å². The molecule has 1 atom stereocenters. The van der Waals surface area contributed by atoms with Gasteiger partial charge in [0.25, 0.3) is 5.91 Å². The van der Waals surface area contributed by atoms with Gasteiger partial charge in [0.1, 0.15) is 11.4 Å². The Morgan fingerprint density at radius 3 is 2.54 bits per heavy atom. The lowest BCUT2D eigenvalue weighted by atomic mass is 10.2. The number of amides is 1. The van der Waals surface area contributed by atoms with Crippen LogP contribution in [0.5, 0.6) is 0 Å². The minimum absolute atomic E-state index is 0.246. The number of hydrogen-bond acceptors (Lipinski definition) is 5. The first-order valence-corrected chi connectivity index (χ1v) is 7.74. The molecule has 3 aromatic rings. The quantitative estimate of drug-likeness (QED) is 0.727. The van der Waals surface area contributed by atoms with Crippen molar-refractivity contribution >= 4 is 28.5 Å². The van der Waals surface area contributed by atoms with Crippen molar-refractivity contribution in [1.82, 2.24) is 0 Å². The molecule has 0 saturated carbocycles. The van der Waals surface area contributed by atoms with Crippen molar-refractivity contribution in [2.45, 2.75) is 13.0 Å². The highest BCUT2D eigenvalue weighted by atomic mass is 19.1. The molecule has 0 unspecified atom stereocenters. The zero-order valence-corrected chi connectivity index (χ0v) is 13.7. The van der Waals surface area contributed by atoms with Crippen LogP contribution in [-0.2, 0) is 9.53 Å². The Bertz CT molecular complexity index is 1030. The summed E-state index contributed by atoms with van der Waals surface area (Å²) in [5.41, 5.74) is 0.217. The normalized spacial score (nSPS) is 11.8. The molecule has 1 N–H and O–H groups in total. The number of carbonyl (C=O) groups is 2. The maximum atomic E-state index is 12.9. The van der Waals surface area contributed by atoms with Crippen LogP contribution in [-0.4, -0.2) is 18.0 Å². The van der Waals surface area contributed by atoms with E-state index in [0.717, 1.165) is 6.07 Å². The molecule has 1 heterocycles. The third kappa shape index (κ3) is 3.77. The SMILES string of the molecule is C[C@H](OC(=O)c1cc(=O)c2ccccc2o1)C(=O)Nc1ccc(F)cc1. The smallest absolute Gasteiger partial charge is 0.375 e. The summed E-state index contributed by atoms with van der Waals surface area (Å²) in [5.74, 6) is -2.27. The first-order valence-electron chi connectivity index (χ1n) is 7.74. The van der Waals surface area contributed by atoms with Crippen LogP contribution >= 0.6 is 0 Å². The third-order valence-electron chi connectivity index (χ3n) is 3.60. The number of carbonyl (C=O) groups excluding carboxylic acids is 2. The van der Waals surface area contributed by atoms with Crippen LogP contribution in [0.2, 0.25) is 0 Å². The molecule has 0 saturated heterocycles. The van der Waals surface area contributed by atoms with Gasteiger partial charge in [0.15, 0.2) is 11.5 Å². The van der Waals surface area contributed by atoms with E-state index < -0.39 is 23.8 Å². The zero-order valence-electron chi connectivity index (χ0n) is 13.7. The highest BCUT2D eigenvalue weighted by Gasteiger charge is 2.21. The van der Waals surface area contributed by atoms with Crippen LogP contribution in [0, 0.1) is 5.82 Å². The van der Waals surface area contributed by atoms with E-state index in [-0.39, 0.29) is 16.8 Å². The summed E-state index contributed by atoms with van der Waals surface area (Å²) in [4.78, 5) is 36.3. The van der Waals surface area contributed by atoms with Gasteiger partial charge in [-0.2, -0.15) is 0 Å². The van der Waals surface area contributed by atoms with Crippen LogP contribution < -0.4 is 10.7 Å². The number of esters is 1. The van der Waals surface area contributed by atoms with Gasteiger partial charge >= 0.3 is 5.97 Å². The van der Waals surface area contributed by atoms with Crippen LogP contribution in [0.3, 0.4) is 0 Å². The lowest BCUT2D eigenvalue weighted by molar-refractivity contribution is -0.123. The van der Waals surface area contributed by atoms with Crippen LogP contribution in [0.15, 0.2) is 63.8 Å². The molecule has 7 heteroatoms. The van der Waals surface area contributed by atoms with Gasteiger partial charge in [0.05, 0.1) is 5.39 Å². The standard InChI is InChI=1S/C19H14FNO5/c1-11(18(23)21-13-8-6-12(20)7-9-13)25-19(24)17-10-15(22)14-4-2-3-5-16(14)26-17/h2-11H,1H3,(H,21,23)/t11-/m0/s1. The molecule has 132 valence electrons. The molecule has 26 heavy (non-hydrogen) atoms. The van der Waals surface area contributed by atoms with Gasteiger partial charge in [-0.25, -0.2) is 9.18 Å². The molecule has 0 fully saturated rings. The molecule has 3 rings (SSSR count). The summed E-state index contributed by atoms with van der Waals surface area (Å²) in [6.45, 7) is 1.37. The predicted octanol–water partition coefficient (Wildman–Crippen LogP) is 3.12. The monoisotopic (exact) mass is 355 g/mol. The summed E-state index contributed by atoms with van der Waals surface area (Å²) in [7, 11) is 0. The Labute approximate surface area is 147 Å². The van der Waals surface area contributed by atoms with Crippen molar-refractivity contribution in [2.24, 2.45) is 0 Å². The van der Waals surface area contributed by atoms with Crippen molar-refractivity contribution in [2.75, 3.05) is 5.32 Å². The van der Waals surface area contributed by atoms with Crippen molar-refractivity contribution in [3.8, 4) is 0 Å². The average Bonchev–Trinajstić information content (AvgIpc) is 2.63.